The first-order valence-corrected chi connectivity index (χ1v) is 4.06. The second-order valence-corrected chi connectivity index (χ2v) is 3.95. The summed E-state index contributed by atoms with van der Waals surface area (Å²) in [7, 11) is -4.50. The largest absolute Gasteiger partial charge is 0.615 e. The van der Waals surface area contributed by atoms with Crippen molar-refractivity contribution in [2.24, 2.45) is 5.73 Å². The van der Waals surface area contributed by atoms with Crippen LogP contribution in [0.1, 0.15) is 0 Å². The number of hydrogen-bond acceptors (Lipinski definition) is 4. The number of nitrogens with zero attached hydrogens (tertiary/aromatic N) is 1. The quantitative estimate of drug-likeness (QED) is 0.280. The van der Waals surface area contributed by atoms with Crippen molar-refractivity contribution in [1.82, 2.24) is 0 Å². The molecule has 3 N–H and O–H groups in total. The van der Waals surface area contributed by atoms with Gasteiger partial charge in [-0.2, -0.15) is 0 Å². The maximum atomic E-state index is 10.8. The predicted molar refractivity (Wildman–Crippen MR) is 32.9 cm³/mol. The molecule has 0 aromatic rings. The molecule has 0 radical (unpaired) electrons. The van der Waals surface area contributed by atoms with Gasteiger partial charge in [-0.15, -0.1) is 8.42 Å². The van der Waals surface area contributed by atoms with Crippen LogP contribution in [0, 0.1) is 5.21 Å². The molecule has 1 saturated heterocycles. The molecule has 60 valence electrons. The van der Waals surface area contributed by atoms with Gasteiger partial charge in [-0.25, -0.2) is 8.60 Å². The smallest absolute Gasteiger partial charge is 0.432 e. The summed E-state index contributed by atoms with van der Waals surface area (Å²) in [6, 6.07) is -0.403. The van der Waals surface area contributed by atoms with Gasteiger partial charge in [0.15, 0.2) is 0 Å². The van der Waals surface area contributed by atoms with E-state index in [1.165, 1.54) is 0 Å². The van der Waals surface area contributed by atoms with Crippen LogP contribution in [0.3, 0.4) is 0 Å². The van der Waals surface area contributed by atoms with Crippen molar-refractivity contribution in [3.05, 3.63) is 5.21 Å². The average molecular weight is 168 g/mol. The maximum absolute atomic E-state index is 10.8. The van der Waals surface area contributed by atoms with Gasteiger partial charge in [-0.1, -0.05) is 0 Å². The Balaban J connectivity index is 2.76. The van der Waals surface area contributed by atoms with E-state index in [9.17, 15) is 13.6 Å². The van der Waals surface area contributed by atoms with Crippen LogP contribution in [0.5, 0.6) is 0 Å². The van der Waals surface area contributed by atoms with E-state index >= 15 is 0 Å². The highest BCUT2D eigenvalue weighted by atomic mass is 32.2. The highest BCUT2D eigenvalue weighted by molar-refractivity contribution is 7.80. The summed E-state index contributed by atoms with van der Waals surface area (Å²) in [5.41, 5.74) is 5.16. The molecule has 0 aromatic carbocycles. The molecule has 0 saturated carbocycles. The number of nitrogens with two attached hydrogens (primary N) is 1. The Labute approximate surface area is 58.3 Å². The van der Waals surface area contributed by atoms with Crippen LogP contribution in [-0.4, -0.2) is 36.2 Å². The lowest BCUT2D eigenvalue weighted by Gasteiger charge is -2.47. The molecule has 1 heterocycles. The van der Waals surface area contributed by atoms with E-state index in [0.717, 1.165) is 0 Å². The van der Waals surface area contributed by atoms with E-state index in [0.29, 0.717) is 0 Å². The lowest BCUT2D eigenvalue weighted by Crippen LogP contribution is -2.68. The Kier molecular flexibility index (Phi) is 1.49. The third kappa shape index (κ3) is 1.02. The van der Waals surface area contributed by atoms with Gasteiger partial charge < -0.3 is 10.9 Å². The number of rotatable bonds is 1. The molecule has 0 aromatic heterocycles. The molecule has 10 heavy (non-hydrogen) atoms. The lowest BCUT2D eigenvalue weighted by atomic mass is 10.2. The first-order chi connectivity index (χ1) is 4.35. The zero-order valence-electron chi connectivity index (χ0n) is 5.10. The minimum Gasteiger partial charge on any atom is -0.615 e. The zero-order valence-corrected chi connectivity index (χ0v) is 5.91. The highest BCUT2D eigenvalue weighted by Gasteiger charge is 2.44. The summed E-state index contributed by atoms with van der Waals surface area (Å²) in [4.78, 5) is 0. The highest BCUT2D eigenvalue weighted by Crippen LogP contribution is 2.21. The molecule has 0 spiro atoms. The molecule has 0 unspecified atom stereocenters. The molecular formula is C3H8N2O4S. The third-order valence-electron chi connectivity index (χ3n) is 1.45. The second-order valence-electron chi connectivity index (χ2n) is 2.39. The van der Waals surface area contributed by atoms with E-state index in [-0.39, 0.29) is 13.1 Å². The van der Waals surface area contributed by atoms with Gasteiger partial charge in [-0.05, 0) is 0 Å². The molecule has 1 fully saturated rings. The fourth-order valence-corrected chi connectivity index (χ4v) is 1.61. The van der Waals surface area contributed by atoms with Gasteiger partial charge in [0.1, 0.15) is 19.1 Å². The Morgan fingerprint density at radius 3 is 2.10 bits per heavy atom. The van der Waals surface area contributed by atoms with Gasteiger partial charge >= 0.3 is 10.3 Å². The Hall–Kier alpha value is -0.210. The van der Waals surface area contributed by atoms with Crippen LogP contribution in [0.2, 0.25) is 0 Å². The lowest BCUT2D eigenvalue weighted by molar-refractivity contribution is -0.804. The van der Waals surface area contributed by atoms with Crippen molar-refractivity contribution in [1.29, 1.82) is 0 Å². The van der Waals surface area contributed by atoms with Crippen LogP contribution >= 0.6 is 0 Å². The van der Waals surface area contributed by atoms with Gasteiger partial charge in [-0.3, -0.25) is 0 Å². The summed E-state index contributed by atoms with van der Waals surface area (Å²) in [6.07, 6.45) is 0. The van der Waals surface area contributed by atoms with Crippen molar-refractivity contribution in [2.45, 2.75) is 6.04 Å². The SMILES string of the molecule is NC1C[N+]([O-])(S(=O)(=O)O)C1. The molecule has 0 atom stereocenters. The third-order valence-corrected chi connectivity index (χ3v) is 2.58. The second kappa shape index (κ2) is 1.89. The zero-order chi connectivity index (χ0) is 7.99. The van der Waals surface area contributed by atoms with Gasteiger partial charge in [0.2, 0.25) is 0 Å². The summed E-state index contributed by atoms with van der Waals surface area (Å²) in [6.45, 7) is -0.502. The van der Waals surface area contributed by atoms with Crippen LogP contribution < -0.4 is 5.73 Å². The molecular weight excluding hydrogens is 160 g/mol. The predicted octanol–water partition coefficient (Wildman–Crippen LogP) is -1.56. The Bertz CT molecular complexity index is 229. The van der Waals surface area contributed by atoms with Crippen molar-refractivity contribution in [2.75, 3.05) is 13.1 Å². The first-order valence-electron chi connectivity index (χ1n) is 2.66. The molecule has 1 aliphatic rings. The van der Waals surface area contributed by atoms with Crippen molar-refractivity contribution >= 4 is 10.3 Å². The van der Waals surface area contributed by atoms with Crippen LogP contribution in [0.4, 0.5) is 0 Å². The fourth-order valence-electron chi connectivity index (χ4n) is 0.850. The molecule has 6 nitrogen and oxygen atoms in total. The molecule has 7 heteroatoms. The van der Waals surface area contributed by atoms with Crippen LogP contribution in [0.25, 0.3) is 0 Å². The Morgan fingerprint density at radius 2 is 2.00 bits per heavy atom. The monoisotopic (exact) mass is 168 g/mol. The minimum absolute atomic E-state index is 0.251. The van der Waals surface area contributed by atoms with E-state index in [4.69, 9.17) is 10.3 Å². The minimum atomic E-state index is -4.50. The summed E-state index contributed by atoms with van der Waals surface area (Å²) in [5.74, 6) is 0. The number of hydrogen-bond donors (Lipinski definition) is 2. The summed E-state index contributed by atoms with van der Waals surface area (Å²) >= 11 is 0. The van der Waals surface area contributed by atoms with Gasteiger partial charge in [0, 0.05) is 0 Å². The Morgan fingerprint density at radius 1 is 1.60 bits per heavy atom. The number of hydroxylamine groups is 2. The normalized spacial score (nSPS) is 40.9. The van der Waals surface area contributed by atoms with E-state index in [1.807, 2.05) is 0 Å². The maximum Gasteiger partial charge on any atom is 0.432 e. The van der Waals surface area contributed by atoms with E-state index in [2.05, 4.69) is 0 Å². The first kappa shape index (κ1) is 7.89. The van der Waals surface area contributed by atoms with Crippen molar-refractivity contribution < 1.29 is 17.0 Å². The van der Waals surface area contributed by atoms with Gasteiger partial charge in [0.25, 0.3) is 0 Å². The number of quaternary nitrogens is 1. The van der Waals surface area contributed by atoms with Crippen molar-refractivity contribution in [3.8, 4) is 0 Å². The molecule has 0 amide bonds. The van der Waals surface area contributed by atoms with Crippen molar-refractivity contribution in [3.63, 3.8) is 0 Å². The van der Waals surface area contributed by atoms with Crippen LogP contribution in [0.15, 0.2) is 0 Å². The van der Waals surface area contributed by atoms with Crippen LogP contribution in [-0.2, 0) is 10.3 Å². The molecule has 0 bridgehead atoms. The van der Waals surface area contributed by atoms with E-state index < -0.39 is 20.4 Å². The molecule has 1 rings (SSSR count). The topological polar surface area (TPSA) is 103 Å². The standard InChI is InChI=1S/C3H8N2O4S/c4-3-1-5(6,2-3)10(7,8)9/h3H,1-2,4H2,(H,7,8,9). The van der Waals surface area contributed by atoms with E-state index in [1.54, 1.807) is 0 Å². The van der Waals surface area contributed by atoms with Gasteiger partial charge in [0.05, 0.1) is 0 Å². The summed E-state index contributed by atoms with van der Waals surface area (Å²) < 4.78 is 27.2. The fraction of sp³-hybridized carbons (Fsp3) is 1.00. The summed E-state index contributed by atoms with van der Waals surface area (Å²) in [5, 5.41) is 10.8. The average Bonchev–Trinajstić information content (AvgIpc) is 1.58. The molecule has 1 aliphatic heterocycles. The molecule has 0 aliphatic carbocycles.